The van der Waals surface area contributed by atoms with Gasteiger partial charge in [0.25, 0.3) is 8.32 Å². The summed E-state index contributed by atoms with van der Waals surface area (Å²) in [5.74, 6) is -1.13. The minimum Gasteiger partial charge on any atom is -0.407 e. The summed E-state index contributed by atoms with van der Waals surface area (Å²) in [5.41, 5.74) is 0. The molecule has 6 nitrogen and oxygen atoms in total. The lowest BCUT2D eigenvalue weighted by Gasteiger charge is -2.46. The Hall–Kier alpha value is -3.08. The Kier molecular flexibility index (Phi) is 9.59. The van der Waals surface area contributed by atoms with Crippen LogP contribution in [0.15, 0.2) is 131 Å². The van der Waals surface area contributed by atoms with Gasteiger partial charge >= 0.3 is 0 Å². The van der Waals surface area contributed by atoms with Gasteiger partial charge in [0.2, 0.25) is 0 Å². The van der Waals surface area contributed by atoms with Crippen molar-refractivity contribution in [2.24, 2.45) is 5.92 Å². The van der Waals surface area contributed by atoms with E-state index >= 15 is 0 Å². The predicted octanol–water partition coefficient (Wildman–Crippen LogP) is 5.76. The Bertz CT molecular complexity index is 1670. The van der Waals surface area contributed by atoms with Crippen LogP contribution in [0.1, 0.15) is 46.5 Å². The van der Waals surface area contributed by atoms with E-state index in [0.717, 1.165) is 10.4 Å². The summed E-state index contributed by atoms with van der Waals surface area (Å²) in [7, 11) is -12.0. The van der Waals surface area contributed by atoms with Gasteiger partial charge < -0.3 is 9.53 Å². The lowest BCUT2D eigenvalue weighted by molar-refractivity contribution is 0.0493. The first-order valence-corrected chi connectivity index (χ1v) is 20.3. The van der Waals surface area contributed by atoms with Crippen LogP contribution in [0.25, 0.3) is 0 Å². The van der Waals surface area contributed by atoms with E-state index in [1.165, 1.54) is 24.3 Å². The Labute approximate surface area is 269 Å². The molecule has 9 heteroatoms. The van der Waals surface area contributed by atoms with Crippen molar-refractivity contribution in [1.29, 1.82) is 0 Å². The number of aliphatic hydroxyl groups excluding tert-OH is 1. The molecule has 1 aliphatic rings. The molecule has 0 heterocycles. The normalized spacial score (nSPS) is 19.2. The van der Waals surface area contributed by atoms with Crippen molar-refractivity contribution >= 4 is 38.4 Å². The van der Waals surface area contributed by atoms with Crippen molar-refractivity contribution < 1.29 is 26.4 Å². The molecule has 0 saturated heterocycles. The molecule has 0 bridgehead atoms. The number of hydrogen-bond donors (Lipinski definition) is 1. The number of rotatable bonds is 10. The highest BCUT2D eigenvalue weighted by Gasteiger charge is 2.63. The average molecular weight is 663 g/mol. The van der Waals surface area contributed by atoms with Crippen molar-refractivity contribution in [1.82, 2.24) is 0 Å². The molecule has 1 fully saturated rings. The van der Waals surface area contributed by atoms with Crippen molar-refractivity contribution in [3.05, 3.63) is 121 Å². The zero-order valence-electron chi connectivity index (χ0n) is 26.0. The lowest BCUT2D eigenvalue weighted by atomic mass is 9.83. The molecule has 238 valence electrons. The summed E-state index contributed by atoms with van der Waals surface area (Å²) in [6, 6.07) is 35.7. The van der Waals surface area contributed by atoms with Crippen molar-refractivity contribution in [3.63, 3.8) is 0 Å². The Morgan fingerprint density at radius 2 is 1.11 bits per heavy atom. The number of hydrogen-bond acceptors (Lipinski definition) is 6. The first kappa shape index (κ1) is 33.3. The quantitative estimate of drug-likeness (QED) is 0.217. The molecule has 0 aromatic heterocycles. The van der Waals surface area contributed by atoms with Crippen molar-refractivity contribution in [3.8, 4) is 0 Å². The van der Waals surface area contributed by atoms with Crippen LogP contribution in [0, 0.1) is 5.92 Å². The standard InChI is InChI=1S/C36H42O6S2Si/c1-35(2,3)45(31-21-12-6-13-22-31,32-23-14-7-15-24-32)42-28-26-33-34(37)25-16-27-36(33,43(38,39)29-17-8-4-9-18-29)44(40,41)30-19-10-5-11-20-30/h4-15,17-24,33-34,37H,16,25-28H2,1-3H3. The largest absolute Gasteiger partial charge is 0.407 e. The maximum atomic E-state index is 14.7. The third-order valence-electron chi connectivity index (χ3n) is 9.24. The van der Waals surface area contributed by atoms with Gasteiger partial charge in [0.1, 0.15) is 0 Å². The van der Waals surface area contributed by atoms with E-state index in [1.807, 2.05) is 36.4 Å². The maximum Gasteiger partial charge on any atom is 0.261 e. The van der Waals surface area contributed by atoms with Gasteiger partial charge in [-0.1, -0.05) is 118 Å². The van der Waals surface area contributed by atoms with E-state index in [0.29, 0.717) is 6.42 Å². The smallest absolute Gasteiger partial charge is 0.261 e. The third kappa shape index (κ3) is 5.74. The fraction of sp³-hybridized carbons (Fsp3) is 0.333. The average Bonchev–Trinajstić information content (AvgIpc) is 3.04. The molecule has 0 amide bonds. The van der Waals surface area contributed by atoms with Crippen LogP contribution in [0.4, 0.5) is 0 Å². The third-order valence-corrected chi connectivity index (χ3v) is 20.2. The Balaban J connectivity index is 1.64. The zero-order valence-corrected chi connectivity index (χ0v) is 28.7. The molecule has 2 unspecified atom stereocenters. The summed E-state index contributed by atoms with van der Waals surface area (Å²) in [4.78, 5) is -0.145. The Morgan fingerprint density at radius 3 is 1.51 bits per heavy atom. The van der Waals surface area contributed by atoms with Crippen LogP contribution < -0.4 is 10.4 Å². The summed E-state index contributed by atoms with van der Waals surface area (Å²) in [6.07, 6.45) is -0.670. The minimum atomic E-state index is -4.50. The molecule has 4 aromatic rings. The zero-order chi connectivity index (χ0) is 32.3. The van der Waals surface area contributed by atoms with E-state index in [-0.39, 0.29) is 40.7 Å². The van der Waals surface area contributed by atoms with Crippen LogP contribution in [0.5, 0.6) is 0 Å². The first-order valence-electron chi connectivity index (χ1n) is 15.4. The molecule has 0 radical (unpaired) electrons. The lowest BCUT2D eigenvalue weighted by Crippen LogP contribution is -2.67. The first-order chi connectivity index (χ1) is 21.4. The van der Waals surface area contributed by atoms with E-state index in [1.54, 1.807) is 36.4 Å². The molecule has 0 spiro atoms. The minimum absolute atomic E-state index is 0.0454. The van der Waals surface area contributed by atoms with Gasteiger partial charge in [-0.3, -0.25) is 0 Å². The molecule has 1 aliphatic carbocycles. The second-order valence-corrected chi connectivity index (χ2v) is 21.8. The molecule has 45 heavy (non-hydrogen) atoms. The fourth-order valence-electron chi connectivity index (χ4n) is 7.16. The molecule has 1 N–H and O–H groups in total. The van der Waals surface area contributed by atoms with Crippen LogP contribution in [-0.2, 0) is 24.1 Å². The molecule has 0 aliphatic heterocycles. The second kappa shape index (κ2) is 13.0. The predicted molar refractivity (Wildman–Crippen MR) is 182 cm³/mol. The highest BCUT2D eigenvalue weighted by molar-refractivity contribution is 8.10. The van der Waals surface area contributed by atoms with E-state index in [2.05, 4.69) is 45.0 Å². The van der Waals surface area contributed by atoms with Crippen LogP contribution in [-0.4, -0.2) is 47.0 Å². The maximum absolute atomic E-state index is 14.7. The summed E-state index contributed by atoms with van der Waals surface area (Å²) < 4.78 is 63.7. The number of benzene rings is 4. The monoisotopic (exact) mass is 662 g/mol. The van der Waals surface area contributed by atoms with Crippen molar-refractivity contribution in [2.75, 3.05) is 6.61 Å². The van der Waals surface area contributed by atoms with Crippen LogP contribution in [0.2, 0.25) is 5.04 Å². The highest BCUT2D eigenvalue weighted by Crippen LogP contribution is 2.51. The SMILES string of the molecule is CC(C)(C)[Si](OCCC1C(O)CCCC1(S(=O)(=O)c1ccccc1)S(=O)(=O)c1ccccc1)(c1ccccc1)c1ccccc1. The van der Waals surface area contributed by atoms with Gasteiger partial charge in [-0.05, 0) is 65.4 Å². The van der Waals surface area contributed by atoms with Gasteiger partial charge in [0.15, 0.2) is 23.8 Å². The van der Waals surface area contributed by atoms with Gasteiger partial charge in [-0.15, -0.1) is 0 Å². The molecular weight excluding hydrogens is 621 g/mol. The summed E-state index contributed by atoms with van der Waals surface area (Å²) in [6.45, 7) is 6.53. The Morgan fingerprint density at radius 1 is 0.711 bits per heavy atom. The van der Waals surface area contributed by atoms with E-state index in [9.17, 15) is 21.9 Å². The van der Waals surface area contributed by atoms with Crippen LogP contribution >= 0.6 is 0 Å². The van der Waals surface area contributed by atoms with Gasteiger partial charge in [-0.25, -0.2) is 16.8 Å². The molecule has 1 saturated carbocycles. The molecular formula is C36H42O6S2Si. The topological polar surface area (TPSA) is 97.7 Å². The van der Waals surface area contributed by atoms with Crippen molar-refractivity contribution in [2.45, 2.75) is 71.5 Å². The second-order valence-electron chi connectivity index (χ2n) is 12.8. The number of aliphatic hydroxyl groups is 1. The summed E-state index contributed by atoms with van der Waals surface area (Å²) in [5, 5.41) is 13.4. The highest BCUT2D eigenvalue weighted by atomic mass is 32.3. The van der Waals surface area contributed by atoms with Crippen LogP contribution in [0.3, 0.4) is 0 Å². The summed E-state index contributed by atoms with van der Waals surface area (Å²) >= 11 is 0. The van der Waals surface area contributed by atoms with Gasteiger partial charge in [0, 0.05) is 12.5 Å². The van der Waals surface area contributed by atoms with Gasteiger partial charge in [-0.2, -0.15) is 0 Å². The molecule has 2 atom stereocenters. The molecule has 4 aromatic carbocycles. The van der Waals surface area contributed by atoms with E-state index in [4.69, 9.17) is 4.43 Å². The van der Waals surface area contributed by atoms with E-state index < -0.39 is 44.1 Å². The fourth-order valence-corrected chi connectivity index (χ4v) is 17.5. The molecule has 5 rings (SSSR count). The number of sulfone groups is 2. The van der Waals surface area contributed by atoms with Gasteiger partial charge in [0.05, 0.1) is 15.9 Å².